The summed E-state index contributed by atoms with van der Waals surface area (Å²) in [6.07, 6.45) is 0. The van der Waals surface area contributed by atoms with Gasteiger partial charge in [-0.2, -0.15) is 0 Å². The summed E-state index contributed by atoms with van der Waals surface area (Å²) in [5.74, 6) is 0.0896. The first-order valence-electron chi connectivity index (χ1n) is 6.97. The summed E-state index contributed by atoms with van der Waals surface area (Å²) >= 11 is 0. The molecule has 20 heavy (non-hydrogen) atoms. The van der Waals surface area contributed by atoms with Crippen molar-refractivity contribution in [1.29, 1.82) is 0 Å². The van der Waals surface area contributed by atoms with E-state index in [0.29, 0.717) is 0 Å². The van der Waals surface area contributed by atoms with Crippen LogP contribution < -0.4 is 4.90 Å². The smallest absolute Gasteiger partial charge is 0.258 e. The summed E-state index contributed by atoms with van der Waals surface area (Å²) in [4.78, 5) is 14.7. The number of amides is 1. The predicted molar refractivity (Wildman–Crippen MR) is 82.3 cm³/mol. The van der Waals surface area contributed by atoms with Crippen LogP contribution in [0.1, 0.15) is 35.3 Å². The average Bonchev–Trinajstić information content (AvgIpc) is 2.71. The molecule has 0 aliphatic carbocycles. The van der Waals surface area contributed by atoms with E-state index in [9.17, 15) is 4.79 Å². The number of rotatable bonds is 1. The topological polar surface area (TPSA) is 20.3 Å². The SMILES string of the molecule is Cc1cccc(C(=O)N2CC(C)(C)c3ccccc32)c1. The molecule has 0 atom stereocenters. The lowest BCUT2D eigenvalue weighted by Gasteiger charge is -2.21. The maximum atomic E-state index is 12.8. The third-order valence-corrected chi connectivity index (χ3v) is 3.99. The van der Waals surface area contributed by atoms with Gasteiger partial charge in [-0.25, -0.2) is 0 Å². The Bertz CT molecular complexity index is 673. The number of aryl methyl sites for hydroxylation is 1. The second-order valence-electron chi connectivity index (χ2n) is 6.16. The number of anilines is 1. The maximum Gasteiger partial charge on any atom is 0.258 e. The van der Waals surface area contributed by atoms with Gasteiger partial charge >= 0.3 is 0 Å². The van der Waals surface area contributed by atoms with E-state index in [-0.39, 0.29) is 11.3 Å². The minimum absolute atomic E-state index is 0.01000. The predicted octanol–water partition coefficient (Wildman–Crippen LogP) is 3.93. The lowest BCUT2D eigenvalue weighted by molar-refractivity contribution is 0.0986. The third kappa shape index (κ3) is 2.01. The van der Waals surface area contributed by atoms with Crippen molar-refractivity contribution in [1.82, 2.24) is 0 Å². The van der Waals surface area contributed by atoms with Crippen LogP contribution >= 0.6 is 0 Å². The number of carbonyl (C=O) groups excluding carboxylic acids is 1. The number of carbonyl (C=O) groups is 1. The summed E-state index contributed by atoms with van der Waals surface area (Å²) < 4.78 is 0. The molecule has 2 nitrogen and oxygen atoms in total. The quantitative estimate of drug-likeness (QED) is 0.765. The Morgan fingerprint density at radius 2 is 1.85 bits per heavy atom. The Balaban J connectivity index is 2.03. The fourth-order valence-corrected chi connectivity index (χ4v) is 2.96. The maximum absolute atomic E-state index is 12.8. The highest BCUT2D eigenvalue weighted by Crippen LogP contribution is 2.40. The fraction of sp³-hybridized carbons (Fsp3) is 0.278. The second kappa shape index (κ2) is 4.48. The minimum Gasteiger partial charge on any atom is -0.307 e. The van der Waals surface area contributed by atoms with E-state index >= 15 is 0 Å². The van der Waals surface area contributed by atoms with Crippen LogP contribution in [0.5, 0.6) is 0 Å². The normalized spacial score (nSPS) is 16.1. The Hall–Kier alpha value is -2.09. The molecule has 1 amide bonds. The summed E-state index contributed by atoms with van der Waals surface area (Å²) in [7, 11) is 0. The lowest BCUT2D eigenvalue weighted by atomic mass is 9.87. The monoisotopic (exact) mass is 265 g/mol. The Morgan fingerprint density at radius 1 is 1.10 bits per heavy atom. The van der Waals surface area contributed by atoms with Crippen LogP contribution in [0.15, 0.2) is 48.5 Å². The van der Waals surface area contributed by atoms with E-state index in [2.05, 4.69) is 19.9 Å². The van der Waals surface area contributed by atoms with Gasteiger partial charge in [0.1, 0.15) is 0 Å². The number of hydrogen-bond donors (Lipinski definition) is 0. The molecule has 2 aromatic rings. The molecule has 0 saturated carbocycles. The van der Waals surface area contributed by atoms with E-state index in [1.807, 2.05) is 54.3 Å². The first kappa shape index (κ1) is 12.9. The van der Waals surface area contributed by atoms with Crippen LogP contribution in [0.25, 0.3) is 0 Å². The van der Waals surface area contributed by atoms with Crippen molar-refractivity contribution in [2.75, 3.05) is 11.4 Å². The van der Waals surface area contributed by atoms with E-state index in [4.69, 9.17) is 0 Å². The molecule has 2 aromatic carbocycles. The van der Waals surface area contributed by atoms with Crippen molar-refractivity contribution in [3.05, 3.63) is 65.2 Å². The Labute approximate surface area is 120 Å². The van der Waals surface area contributed by atoms with Crippen LogP contribution in [0.4, 0.5) is 5.69 Å². The molecule has 2 heteroatoms. The first-order valence-corrected chi connectivity index (χ1v) is 6.97. The van der Waals surface area contributed by atoms with Crippen LogP contribution in [0.3, 0.4) is 0 Å². The highest BCUT2D eigenvalue weighted by molar-refractivity contribution is 6.07. The molecule has 3 rings (SSSR count). The largest absolute Gasteiger partial charge is 0.307 e. The van der Waals surface area contributed by atoms with Crippen molar-refractivity contribution in [3.8, 4) is 0 Å². The summed E-state index contributed by atoms with van der Waals surface area (Å²) in [6, 6.07) is 16.0. The van der Waals surface area contributed by atoms with Gasteiger partial charge in [-0.3, -0.25) is 4.79 Å². The van der Waals surface area contributed by atoms with Gasteiger partial charge in [-0.15, -0.1) is 0 Å². The zero-order valence-electron chi connectivity index (χ0n) is 12.2. The molecule has 0 spiro atoms. The molecule has 0 radical (unpaired) electrons. The molecule has 0 unspecified atom stereocenters. The molecule has 0 N–H and O–H groups in total. The first-order chi connectivity index (χ1) is 9.49. The van der Waals surface area contributed by atoms with Crippen molar-refractivity contribution < 1.29 is 4.79 Å². The Morgan fingerprint density at radius 3 is 2.60 bits per heavy atom. The highest BCUT2D eigenvalue weighted by atomic mass is 16.2. The van der Waals surface area contributed by atoms with Gasteiger partial charge in [0, 0.05) is 23.2 Å². The highest BCUT2D eigenvalue weighted by Gasteiger charge is 2.37. The Kier molecular flexibility index (Phi) is 2.89. The minimum atomic E-state index is 0.01000. The molecular formula is C18H19NO. The van der Waals surface area contributed by atoms with Crippen molar-refractivity contribution in [3.63, 3.8) is 0 Å². The van der Waals surface area contributed by atoms with E-state index in [1.54, 1.807) is 0 Å². The van der Waals surface area contributed by atoms with E-state index in [0.717, 1.165) is 23.4 Å². The molecule has 0 aromatic heterocycles. The van der Waals surface area contributed by atoms with Gasteiger partial charge in [0.05, 0.1) is 0 Å². The zero-order chi connectivity index (χ0) is 14.3. The molecule has 0 saturated heterocycles. The summed E-state index contributed by atoms with van der Waals surface area (Å²) in [5.41, 5.74) is 4.18. The van der Waals surface area contributed by atoms with E-state index in [1.165, 1.54) is 5.56 Å². The van der Waals surface area contributed by atoms with Gasteiger partial charge in [-0.1, -0.05) is 49.7 Å². The fourth-order valence-electron chi connectivity index (χ4n) is 2.96. The lowest BCUT2D eigenvalue weighted by Crippen LogP contribution is -2.33. The van der Waals surface area contributed by atoms with Crippen LogP contribution in [0, 0.1) is 6.92 Å². The molecule has 102 valence electrons. The molecular weight excluding hydrogens is 246 g/mol. The average molecular weight is 265 g/mol. The number of para-hydroxylation sites is 1. The zero-order valence-corrected chi connectivity index (χ0v) is 12.2. The molecule has 1 heterocycles. The van der Waals surface area contributed by atoms with Gasteiger partial charge in [0.2, 0.25) is 0 Å². The summed E-state index contributed by atoms with van der Waals surface area (Å²) in [5, 5.41) is 0. The number of benzene rings is 2. The van der Waals surface area contributed by atoms with Crippen molar-refractivity contribution in [2.45, 2.75) is 26.2 Å². The van der Waals surface area contributed by atoms with Crippen LogP contribution in [-0.2, 0) is 5.41 Å². The van der Waals surface area contributed by atoms with Crippen LogP contribution in [-0.4, -0.2) is 12.5 Å². The van der Waals surface area contributed by atoms with Gasteiger partial charge < -0.3 is 4.90 Å². The van der Waals surface area contributed by atoms with Gasteiger partial charge in [0.25, 0.3) is 5.91 Å². The molecule has 0 bridgehead atoms. The van der Waals surface area contributed by atoms with Crippen molar-refractivity contribution >= 4 is 11.6 Å². The number of fused-ring (bicyclic) bond motifs is 1. The van der Waals surface area contributed by atoms with E-state index < -0.39 is 0 Å². The van der Waals surface area contributed by atoms with Gasteiger partial charge in [-0.05, 0) is 30.7 Å². The summed E-state index contributed by atoms with van der Waals surface area (Å²) in [6.45, 7) is 7.13. The molecule has 1 aliphatic heterocycles. The second-order valence-corrected chi connectivity index (χ2v) is 6.16. The molecule has 1 aliphatic rings. The molecule has 0 fully saturated rings. The third-order valence-electron chi connectivity index (χ3n) is 3.99. The number of hydrogen-bond acceptors (Lipinski definition) is 1. The standard InChI is InChI=1S/C18H19NO/c1-13-7-6-8-14(11-13)17(20)19-12-18(2,3)15-9-4-5-10-16(15)19/h4-11H,12H2,1-3H3. The number of nitrogens with zero attached hydrogens (tertiary/aromatic N) is 1. The van der Waals surface area contributed by atoms with Crippen molar-refractivity contribution in [2.24, 2.45) is 0 Å². The van der Waals surface area contributed by atoms with Gasteiger partial charge in [0.15, 0.2) is 0 Å². The van der Waals surface area contributed by atoms with Crippen LogP contribution in [0.2, 0.25) is 0 Å².